The predicted molar refractivity (Wildman–Crippen MR) is 96.8 cm³/mol. The fourth-order valence-corrected chi connectivity index (χ4v) is 4.41. The molecule has 130 valence electrons. The standard InChI is InChI=1S/C21H34O2/c1-14(2)21(23,15(3)4)13-7-8-16(5)17-11-12-19-18(17)9-6-10-20(19)22/h6,9-10,14-17,22-23H,7-8,11-13H2,1-5H3. The first kappa shape index (κ1) is 18.3. The van der Waals surface area contributed by atoms with Gasteiger partial charge in [0.15, 0.2) is 0 Å². The van der Waals surface area contributed by atoms with Crippen LogP contribution in [0.4, 0.5) is 0 Å². The summed E-state index contributed by atoms with van der Waals surface area (Å²) in [6, 6.07) is 5.95. The molecule has 0 radical (unpaired) electrons. The maximum absolute atomic E-state index is 10.9. The third-order valence-corrected chi connectivity index (χ3v) is 6.22. The van der Waals surface area contributed by atoms with Crippen LogP contribution in [0.25, 0.3) is 0 Å². The van der Waals surface area contributed by atoms with Gasteiger partial charge in [0.05, 0.1) is 5.60 Å². The lowest BCUT2D eigenvalue weighted by Gasteiger charge is -2.37. The van der Waals surface area contributed by atoms with E-state index in [0.717, 1.165) is 37.7 Å². The molecule has 2 unspecified atom stereocenters. The van der Waals surface area contributed by atoms with Crippen LogP contribution >= 0.6 is 0 Å². The van der Waals surface area contributed by atoms with Gasteiger partial charge >= 0.3 is 0 Å². The van der Waals surface area contributed by atoms with Crippen molar-refractivity contribution in [3.05, 3.63) is 29.3 Å². The number of rotatable bonds is 7. The molecule has 2 nitrogen and oxygen atoms in total. The highest BCUT2D eigenvalue weighted by Crippen LogP contribution is 2.43. The summed E-state index contributed by atoms with van der Waals surface area (Å²) in [6.45, 7) is 10.8. The van der Waals surface area contributed by atoms with E-state index in [9.17, 15) is 10.2 Å². The largest absolute Gasteiger partial charge is 0.508 e. The number of phenols is 1. The van der Waals surface area contributed by atoms with Crippen molar-refractivity contribution < 1.29 is 10.2 Å². The highest BCUT2D eigenvalue weighted by atomic mass is 16.3. The van der Waals surface area contributed by atoms with Crippen molar-refractivity contribution in [2.24, 2.45) is 17.8 Å². The summed E-state index contributed by atoms with van der Waals surface area (Å²) in [5, 5.41) is 20.9. The molecule has 0 fully saturated rings. The van der Waals surface area contributed by atoms with E-state index in [1.54, 1.807) is 6.07 Å². The number of aromatic hydroxyl groups is 1. The normalized spacial score (nSPS) is 19.4. The molecule has 2 rings (SSSR count). The van der Waals surface area contributed by atoms with E-state index >= 15 is 0 Å². The zero-order valence-corrected chi connectivity index (χ0v) is 15.5. The van der Waals surface area contributed by atoms with Crippen LogP contribution in [0.15, 0.2) is 18.2 Å². The SMILES string of the molecule is CC(CCCC(O)(C(C)C)C(C)C)C1CCc2c(O)cccc21. The van der Waals surface area contributed by atoms with Crippen molar-refractivity contribution in [2.45, 2.75) is 78.2 Å². The van der Waals surface area contributed by atoms with Gasteiger partial charge in [-0.15, -0.1) is 0 Å². The fourth-order valence-electron chi connectivity index (χ4n) is 4.41. The fraction of sp³-hybridized carbons (Fsp3) is 0.714. The minimum Gasteiger partial charge on any atom is -0.508 e. The first-order valence-electron chi connectivity index (χ1n) is 9.30. The molecule has 2 N–H and O–H groups in total. The highest BCUT2D eigenvalue weighted by molar-refractivity contribution is 5.44. The monoisotopic (exact) mass is 318 g/mol. The Morgan fingerprint density at radius 1 is 1.13 bits per heavy atom. The Morgan fingerprint density at radius 2 is 1.78 bits per heavy atom. The lowest BCUT2D eigenvalue weighted by atomic mass is 9.75. The molecule has 0 aromatic heterocycles. The van der Waals surface area contributed by atoms with Crippen LogP contribution < -0.4 is 0 Å². The third-order valence-electron chi connectivity index (χ3n) is 6.22. The summed E-state index contributed by atoms with van der Waals surface area (Å²) in [7, 11) is 0. The minimum atomic E-state index is -0.550. The molecule has 2 atom stereocenters. The third kappa shape index (κ3) is 3.74. The predicted octanol–water partition coefficient (Wildman–Crippen LogP) is 5.27. The summed E-state index contributed by atoms with van der Waals surface area (Å²) < 4.78 is 0. The van der Waals surface area contributed by atoms with Gasteiger partial charge in [-0.2, -0.15) is 0 Å². The van der Waals surface area contributed by atoms with Gasteiger partial charge in [-0.3, -0.25) is 0 Å². The number of benzene rings is 1. The smallest absolute Gasteiger partial charge is 0.119 e. The highest BCUT2D eigenvalue weighted by Gasteiger charge is 2.34. The summed E-state index contributed by atoms with van der Waals surface area (Å²) in [4.78, 5) is 0. The lowest BCUT2D eigenvalue weighted by molar-refractivity contribution is -0.0561. The first-order valence-corrected chi connectivity index (χ1v) is 9.30. The van der Waals surface area contributed by atoms with Gasteiger partial charge in [0.25, 0.3) is 0 Å². The van der Waals surface area contributed by atoms with Gasteiger partial charge < -0.3 is 10.2 Å². The summed E-state index contributed by atoms with van der Waals surface area (Å²) >= 11 is 0. The van der Waals surface area contributed by atoms with Gasteiger partial charge in [-0.25, -0.2) is 0 Å². The van der Waals surface area contributed by atoms with Crippen molar-refractivity contribution in [3.63, 3.8) is 0 Å². The average molecular weight is 319 g/mol. The van der Waals surface area contributed by atoms with Crippen molar-refractivity contribution in [1.29, 1.82) is 0 Å². The van der Waals surface area contributed by atoms with E-state index < -0.39 is 5.60 Å². The Labute approximate surface area is 141 Å². The van der Waals surface area contributed by atoms with Crippen LogP contribution in [0.1, 0.15) is 77.3 Å². The van der Waals surface area contributed by atoms with E-state index in [1.807, 2.05) is 6.07 Å². The number of fused-ring (bicyclic) bond motifs is 1. The second kappa shape index (κ2) is 7.25. The molecule has 1 aliphatic rings. The topological polar surface area (TPSA) is 40.5 Å². The van der Waals surface area contributed by atoms with E-state index in [0.29, 0.717) is 29.4 Å². The summed E-state index contributed by atoms with van der Waals surface area (Å²) in [5.74, 6) is 2.21. The molecule has 1 aromatic rings. The van der Waals surface area contributed by atoms with Crippen LogP contribution in [0, 0.1) is 17.8 Å². The van der Waals surface area contributed by atoms with E-state index in [1.165, 1.54) is 5.56 Å². The van der Waals surface area contributed by atoms with Gasteiger partial charge in [-0.05, 0) is 60.1 Å². The van der Waals surface area contributed by atoms with Gasteiger partial charge in [0, 0.05) is 0 Å². The second-order valence-electron chi connectivity index (χ2n) is 8.16. The Balaban J connectivity index is 1.95. The molecule has 1 aliphatic carbocycles. The van der Waals surface area contributed by atoms with E-state index in [2.05, 4.69) is 40.7 Å². The number of phenolic OH excluding ortho intramolecular Hbond substituents is 1. The molecular weight excluding hydrogens is 284 g/mol. The lowest BCUT2D eigenvalue weighted by Crippen LogP contribution is -2.40. The molecule has 0 amide bonds. The first-order chi connectivity index (χ1) is 10.8. The zero-order valence-electron chi connectivity index (χ0n) is 15.5. The molecule has 2 heteroatoms. The van der Waals surface area contributed by atoms with E-state index in [4.69, 9.17) is 0 Å². The van der Waals surface area contributed by atoms with Crippen molar-refractivity contribution >= 4 is 0 Å². The molecule has 0 saturated carbocycles. The number of aliphatic hydroxyl groups is 1. The quantitative estimate of drug-likeness (QED) is 0.719. The van der Waals surface area contributed by atoms with Crippen molar-refractivity contribution in [3.8, 4) is 5.75 Å². The average Bonchev–Trinajstić information content (AvgIpc) is 2.92. The number of hydrogen-bond acceptors (Lipinski definition) is 2. The van der Waals surface area contributed by atoms with Gasteiger partial charge in [0.1, 0.15) is 5.75 Å². The van der Waals surface area contributed by atoms with Crippen LogP contribution in [-0.2, 0) is 6.42 Å². The Hall–Kier alpha value is -1.02. The second-order valence-corrected chi connectivity index (χ2v) is 8.16. The van der Waals surface area contributed by atoms with Gasteiger partial charge in [-0.1, -0.05) is 59.6 Å². The minimum absolute atomic E-state index is 0.293. The molecule has 0 bridgehead atoms. The van der Waals surface area contributed by atoms with Crippen molar-refractivity contribution in [2.75, 3.05) is 0 Å². The van der Waals surface area contributed by atoms with Crippen LogP contribution in [0.2, 0.25) is 0 Å². The van der Waals surface area contributed by atoms with Gasteiger partial charge in [0.2, 0.25) is 0 Å². The summed E-state index contributed by atoms with van der Waals surface area (Å²) in [5.41, 5.74) is 1.96. The Bertz CT molecular complexity index is 511. The van der Waals surface area contributed by atoms with Crippen LogP contribution in [0.5, 0.6) is 5.75 Å². The maximum atomic E-state index is 10.9. The molecule has 0 heterocycles. The molecule has 0 spiro atoms. The maximum Gasteiger partial charge on any atom is 0.119 e. The molecule has 0 aliphatic heterocycles. The summed E-state index contributed by atoms with van der Waals surface area (Å²) in [6.07, 6.45) is 5.23. The molecular formula is C21H34O2. The molecule has 23 heavy (non-hydrogen) atoms. The Morgan fingerprint density at radius 3 is 2.39 bits per heavy atom. The Kier molecular flexibility index (Phi) is 5.78. The van der Waals surface area contributed by atoms with E-state index in [-0.39, 0.29) is 0 Å². The zero-order chi connectivity index (χ0) is 17.2. The number of hydrogen-bond donors (Lipinski definition) is 2. The molecule has 1 aromatic carbocycles. The molecule has 0 saturated heterocycles. The van der Waals surface area contributed by atoms with Crippen LogP contribution in [0.3, 0.4) is 0 Å². The van der Waals surface area contributed by atoms with Crippen LogP contribution in [-0.4, -0.2) is 15.8 Å². The van der Waals surface area contributed by atoms with Crippen molar-refractivity contribution in [1.82, 2.24) is 0 Å².